The fourth-order valence-electron chi connectivity index (χ4n) is 6.48. The number of nitrogens with one attached hydrogen (secondary N) is 1. The Morgan fingerprint density at radius 3 is 2.58 bits per heavy atom. The number of carbonyl (C=O) groups is 1. The minimum atomic E-state index is -3.71. The maximum absolute atomic E-state index is 13.7. The van der Waals surface area contributed by atoms with Crippen molar-refractivity contribution in [3.63, 3.8) is 0 Å². The third-order valence-electron chi connectivity index (χ3n) is 8.99. The van der Waals surface area contributed by atoms with Crippen LogP contribution in [-0.2, 0) is 21.2 Å². The number of carbonyl (C=O) groups excluding carboxylic acids is 1. The Balaban J connectivity index is 1.05. The molecule has 1 saturated carbocycles. The summed E-state index contributed by atoms with van der Waals surface area (Å²) >= 11 is 1.30. The molecular formula is C32H36N6O5S2. The van der Waals surface area contributed by atoms with Gasteiger partial charge in [0.25, 0.3) is 6.01 Å². The summed E-state index contributed by atoms with van der Waals surface area (Å²) < 4.78 is 39.9. The highest BCUT2D eigenvalue weighted by molar-refractivity contribution is 7.89. The molecule has 3 aliphatic rings. The van der Waals surface area contributed by atoms with Crippen molar-refractivity contribution >= 4 is 54.8 Å². The number of ether oxygens (including phenoxy) is 1. The summed E-state index contributed by atoms with van der Waals surface area (Å²) in [5.41, 5.74) is 2.45. The monoisotopic (exact) mass is 648 g/mol. The number of pyridine rings is 1. The highest BCUT2D eigenvalue weighted by Crippen LogP contribution is 2.36. The Morgan fingerprint density at radius 1 is 1.07 bits per heavy atom. The van der Waals surface area contributed by atoms with Gasteiger partial charge in [-0.1, -0.05) is 55.2 Å². The highest BCUT2D eigenvalue weighted by atomic mass is 32.2. The van der Waals surface area contributed by atoms with Crippen LogP contribution in [0, 0.1) is 5.92 Å². The molecule has 1 unspecified atom stereocenters. The second-order valence-corrected chi connectivity index (χ2v) is 14.7. The van der Waals surface area contributed by atoms with Crippen molar-refractivity contribution in [3.8, 4) is 5.88 Å². The fraction of sp³-hybridized carbons (Fsp3) is 0.438. The summed E-state index contributed by atoms with van der Waals surface area (Å²) in [5.74, 6) is 1.16. The van der Waals surface area contributed by atoms with Crippen molar-refractivity contribution < 1.29 is 22.4 Å². The number of hydrogen-bond acceptors (Lipinski definition) is 10. The van der Waals surface area contributed by atoms with Crippen LogP contribution in [-0.4, -0.2) is 66.9 Å². The third-order valence-corrected chi connectivity index (χ3v) is 11.8. The number of fused-ring (bicyclic) bond motifs is 2. The van der Waals surface area contributed by atoms with Crippen LogP contribution in [0.4, 0.5) is 11.1 Å². The van der Waals surface area contributed by atoms with E-state index in [2.05, 4.69) is 26.3 Å². The molecule has 45 heavy (non-hydrogen) atoms. The Kier molecular flexibility index (Phi) is 8.32. The largest absolute Gasteiger partial charge is 0.481 e. The molecule has 0 radical (unpaired) electrons. The number of hydrogen-bond donors (Lipinski definition) is 1. The van der Waals surface area contributed by atoms with Gasteiger partial charge < -0.3 is 19.4 Å². The first-order valence-electron chi connectivity index (χ1n) is 15.5. The zero-order valence-electron chi connectivity index (χ0n) is 25.1. The smallest absolute Gasteiger partial charge is 0.298 e. The molecule has 1 aromatic carbocycles. The lowest BCUT2D eigenvalue weighted by Crippen LogP contribution is -2.48. The molecule has 236 valence electrons. The molecule has 3 aromatic heterocycles. The molecule has 7 rings (SSSR count). The Bertz CT molecular complexity index is 1820. The second-order valence-electron chi connectivity index (χ2n) is 11.8. The van der Waals surface area contributed by atoms with Gasteiger partial charge in [-0.3, -0.25) is 4.79 Å². The van der Waals surface area contributed by atoms with Crippen LogP contribution in [0.5, 0.6) is 5.88 Å². The summed E-state index contributed by atoms with van der Waals surface area (Å²) in [6.07, 6.45) is 11.1. The van der Waals surface area contributed by atoms with E-state index in [4.69, 9.17) is 9.15 Å². The average Bonchev–Trinajstić information content (AvgIpc) is 3.83. The number of thiazole rings is 1. The van der Waals surface area contributed by atoms with E-state index in [9.17, 15) is 13.2 Å². The molecule has 2 fully saturated rings. The summed E-state index contributed by atoms with van der Waals surface area (Å²) in [7, 11) is -2.14. The molecular weight excluding hydrogens is 613 g/mol. The van der Waals surface area contributed by atoms with E-state index < -0.39 is 15.9 Å². The van der Waals surface area contributed by atoms with E-state index in [-0.39, 0.29) is 10.8 Å². The van der Waals surface area contributed by atoms with Gasteiger partial charge in [0.15, 0.2) is 10.9 Å². The van der Waals surface area contributed by atoms with Gasteiger partial charge in [0.2, 0.25) is 21.8 Å². The standard InChI is InChI=1S/C32H36N6O5S2/c1-42-28-15-14-26-30(35-28)44-31(33-26)36-29(39)24(20-21-6-2-3-7-21)22-10-12-23(13-11-22)45(40,41)38-18-16-37(17-19-38)32-34-25-8-4-5-9-27(25)43-32/h5,9-15,21,24H,2-4,6-8,16-20H2,1H3,(H,33,36,39). The summed E-state index contributed by atoms with van der Waals surface area (Å²) in [6, 6.07) is 11.0. The van der Waals surface area contributed by atoms with Crippen molar-refractivity contribution in [2.75, 3.05) is 43.5 Å². The molecule has 0 spiro atoms. The van der Waals surface area contributed by atoms with Gasteiger partial charge in [-0.05, 0) is 55.0 Å². The normalized spacial score (nSPS) is 18.3. The van der Waals surface area contributed by atoms with E-state index in [1.54, 1.807) is 37.4 Å². The number of sulfonamides is 1. The van der Waals surface area contributed by atoms with Gasteiger partial charge >= 0.3 is 0 Å². The van der Waals surface area contributed by atoms with Crippen molar-refractivity contribution in [1.82, 2.24) is 19.3 Å². The number of methoxy groups -OCH3 is 1. The van der Waals surface area contributed by atoms with Crippen molar-refractivity contribution in [1.29, 1.82) is 0 Å². The molecule has 1 amide bonds. The molecule has 4 heterocycles. The van der Waals surface area contributed by atoms with Crippen molar-refractivity contribution in [2.24, 2.45) is 5.92 Å². The van der Waals surface area contributed by atoms with Gasteiger partial charge in [0, 0.05) is 32.2 Å². The van der Waals surface area contributed by atoms with Crippen LogP contribution >= 0.6 is 11.3 Å². The van der Waals surface area contributed by atoms with Crippen molar-refractivity contribution in [2.45, 2.75) is 55.8 Å². The molecule has 0 bridgehead atoms. The first-order valence-corrected chi connectivity index (χ1v) is 17.8. The van der Waals surface area contributed by atoms with Gasteiger partial charge in [0.1, 0.15) is 10.3 Å². The molecule has 2 aliphatic carbocycles. The fourth-order valence-corrected chi connectivity index (χ4v) is 8.74. The first kappa shape index (κ1) is 29.9. The van der Waals surface area contributed by atoms with Crippen LogP contribution in [0.3, 0.4) is 0 Å². The van der Waals surface area contributed by atoms with Gasteiger partial charge in [-0.2, -0.15) is 9.29 Å². The lowest BCUT2D eigenvalue weighted by molar-refractivity contribution is -0.118. The van der Waals surface area contributed by atoms with E-state index in [1.165, 1.54) is 28.5 Å². The number of aryl methyl sites for hydroxylation is 1. The van der Waals surface area contributed by atoms with Gasteiger partial charge in [0.05, 0.1) is 23.6 Å². The quantitative estimate of drug-likeness (QED) is 0.251. The Labute approximate surface area is 266 Å². The average molecular weight is 649 g/mol. The minimum Gasteiger partial charge on any atom is -0.481 e. The van der Waals surface area contributed by atoms with Crippen LogP contribution in [0.25, 0.3) is 16.4 Å². The molecule has 1 aliphatic heterocycles. The summed E-state index contributed by atoms with van der Waals surface area (Å²) in [5, 5.41) is 3.49. The van der Waals surface area contributed by atoms with Crippen LogP contribution in [0.2, 0.25) is 0 Å². The molecule has 4 aromatic rings. The summed E-state index contributed by atoms with van der Waals surface area (Å²) in [6.45, 7) is 1.67. The number of piperazine rings is 1. The SMILES string of the molecule is COc1ccc2nc(NC(=O)C(CC3CCCC3)c3ccc(S(=O)(=O)N4CCN(c5nc6c(o5)C=CCC6)CC4)cc3)sc2n1. The van der Waals surface area contributed by atoms with E-state index in [0.29, 0.717) is 65.9 Å². The molecule has 11 nitrogen and oxygen atoms in total. The van der Waals surface area contributed by atoms with Crippen LogP contribution in [0.15, 0.2) is 51.8 Å². The number of amides is 1. The minimum absolute atomic E-state index is 0.150. The Morgan fingerprint density at radius 2 is 1.84 bits per heavy atom. The predicted molar refractivity (Wildman–Crippen MR) is 173 cm³/mol. The maximum Gasteiger partial charge on any atom is 0.298 e. The highest BCUT2D eigenvalue weighted by Gasteiger charge is 2.32. The summed E-state index contributed by atoms with van der Waals surface area (Å²) in [4.78, 5) is 30.2. The second kappa shape index (κ2) is 12.5. The third kappa shape index (κ3) is 6.21. The number of oxazole rings is 1. The number of rotatable bonds is 9. The molecule has 1 atom stereocenters. The molecule has 1 saturated heterocycles. The first-order chi connectivity index (χ1) is 21.9. The number of nitrogens with zero attached hydrogens (tertiary/aromatic N) is 5. The maximum atomic E-state index is 13.7. The lowest BCUT2D eigenvalue weighted by Gasteiger charge is -2.33. The van der Waals surface area contributed by atoms with E-state index in [0.717, 1.165) is 42.7 Å². The van der Waals surface area contributed by atoms with Crippen molar-refractivity contribution in [3.05, 3.63) is 59.5 Å². The predicted octanol–water partition coefficient (Wildman–Crippen LogP) is 5.46. The van der Waals surface area contributed by atoms with E-state index >= 15 is 0 Å². The number of aromatic nitrogens is 3. The topological polar surface area (TPSA) is 131 Å². The van der Waals surface area contributed by atoms with Crippen LogP contribution in [0.1, 0.15) is 61.5 Å². The van der Waals surface area contributed by atoms with Gasteiger partial charge in [-0.15, -0.1) is 0 Å². The lowest BCUT2D eigenvalue weighted by atomic mass is 9.87. The van der Waals surface area contributed by atoms with Gasteiger partial charge in [-0.25, -0.2) is 18.4 Å². The number of benzene rings is 1. The Hall–Kier alpha value is -3.81. The van der Waals surface area contributed by atoms with Crippen LogP contribution < -0.4 is 15.0 Å². The molecule has 1 N–H and O–H groups in total. The zero-order valence-corrected chi connectivity index (χ0v) is 26.8. The number of allylic oxidation sites excluding steroid dienone is 1. The molecule has 13 heteroatoms. The zero-order chi connectivity index (χ0) is 31.0. The number of anilines is 2. The van der Waals surface area contributed by atoms with E-state index in [1.807, 2.05) is 17.0 Å².